The van der Waals surface area contributed by atoms with Crippen molar-refractivity contribution in [2.24, 2.45) is 4.99 Å². The Morgan fingerprint density at radius 3 is 2.63 bits per heavy atom. The first-order valence-electron chi connectivity index (χ1n) is 9.50. The molecule has 0 saturated carbocycles. The molecule has 2 aliphatic rings. The predicted octanol–water partition coefficient (Wildman–Crippen LogP) is 2.64. The van der Waals surface area contributed by atoms with Crippen molar-refractivity contribution < 1.29 is 18.7 Å². The Morgan fingerprint density at radius 2 is 2.00 bits per heavy atom. The molecular weight excluding hydrogens is 407 g/mol. The van der Waals surface area contributed by atoms with Crippen LogP contribution in [0.3, 0.4) is 0 Å². The lowest BCUT2D eigenvalue weighted by atomic mass is 9.93. The minimum absolute atomic E-state index is 0.135. The summed E-state index contributed by atoms with van der Waals surface area (Å²) in [5, 5.41) is 5.38. The van der Waals surface area contributed by atoms with E-state index in [2.05, 4.69) is 10.3 Å². The van der Waals surface area contributed by atoms with Crippen molar-refractivity contribution in [1.29, 1.82) is 0 Å². The molecule has 0 bridgehead atoms. The number of methoxy groups -OCH3 is 1. The zero-order chi connectivity index (χ0) is 21.8. The van der Waals surface area contributed by atoms with Gasteiger partial charge in [-0.3, -0.25) is 9.59 Å². The van der Waals surface area contributed by atoms with Crippen LogP contribution in [0.4, 0.5) is 4.39 Å². The number of benzene rings is 1. The molecule has 9 heteroatoms. The van der Waals surface area contributed by atoms with Gasteiger partial charge in [-0.15, -0.1) is 0 Å². The number of thioether (sulfide) groups is 1. The van der Waals surface area contributed by atoms with E-state index in [9.17, 15) is 14.0 Å². The molecule has 0 fully saturated rings. The van der Waals surface area contributed by atoms with Gasteiger partial charge in [0, 0.05) is 33.4 Å². The van der Waals surface area contributed by atoms with Gasteiger partial charge in [0.05, 0.1) is 30.3 Å². The van der Waals surface area contributed by atoms with E-state index < -0.39 is 6.04 Å². The Hall–Kier alpha value is -2.65. The van der Waals surface area contributed by atoms with Gasteiger partial charge in [0.1, 0.15) is 5.82 Å². The van der Waals surface area contributed by atoms with E-state index in [0.29, 0.717) is 29.6 Å². The van der Waals surface area contributed by atoms with Gasteiger partial charge in [0.2, 0.25) is 5.91 Å². The molecule has 0 aromatic heterocycles. The summed E-state index contributed by atoms with van der Waals surface area (Å²) in [5.41, 5.74) is 2.60. The third kappa shape index (κ3) is 4.57. The Balaban J connectivity index is 1.97. The lowest BCUT2D eigenvalue weighted by molar-refractivity contribution is -0.125. The molecule has 1 atom stereocenters. The highest BCUT2D eigenvalue weighted by atomic mass is 32.2. The number of hydrogen-bond donors (Lipinski definition) is 1. The molecular formula is C21H25FN4O3S. The smallest absolute Gasteiger partial charge is 0.253 e. The molecule has 2 heterocycles. The second-order valence-corrected chi connectivity index (χ2v) is 8.00. The molecule has 7 nitrogen and oxygen atoms in total. The number of amidine groups is 1. The van der Waals surface area contributed by atoms with Crippen LogP contribution < -0.4 is 5.32 Å². The van der Waals surface area contributed by atoms with Crippen LogP contribution in [0.15, 0.2) is 51.6 Å². The number of ether oxygens (including phenoxy) is 1. The summed E-state index contributed by atoms with van der Waals surface area (Å²) in [6.07, 6.45) is 0.135. The highest BCUT2D eigenvalue weighted by molar-refractivity contribution is 8.16. The first kappa shape index (κ1) is 22.0. The van der Waals surface area contributed by atoms with Crippen molar-refractivity contribution in [1.82, 2.24) is 15.1 Å². The molecule has 0 radical (unpaired) electrons. The molecule has 1 N–H and O–H groups in total. The molecule has 3 rings (SSSR count). The fourth-order valence-corrected chi connectivity index (χ4v) is 4.33. The maximum atomic E-state index is 13.6. The van der Waals surface area contributed by atoms with Crippen LogP contribution in [0.5, 0.6) is 0 Å². The Kier molecular flexibility index (Phi) is 6.94. The fraction of sp³-hybridized carbons (Fsp3) is 0.381. The van der Waals surface area contributed by atoms with Crippen LogP contribution in [-0.2, 0) is 14.3 Å². The van der Waals surface area contributed by atoms with Gasteiger partial charge in [-0.25, -0.2) is 9.38 Å². The van der Waals surface area contributed by atoms with E-state index in [4.69, 9.17) is 4.74 Å². The summed E-state index contributed by atoms with van der Waals surface area (Å²) >= 11 is 1.41. The number of allylic oxidation sites excluding steroid dienone is 1. The Labute approximate surface area is 179 Å². The van der Waals surface area contributed by atoms with Crippen molar-refractivity contribution in [3.63, 3.8) is 0 Å². The number of nitrogens with one attached hydrogen (secondary N) is 1. The van der Waals surface area contributed by atoms with Crippen LogP contribution in [0.1, 0.15) is 24.9 Å². The quantitative estimate of drug-likeness (QED) is 0.671. The summed E-state index contributed by atoms with van der Waals surface area (Å²) < 4.78 is 18.5. The topological polar surface area (TPSA) is 74.2 Å². The third-order valence-electron chi connectivity index (χ3n) is 4.79. The van der Waals surface area contributed by atoms with Crippen molar-refractivity contribution in [2.45, 2.75) is 19.4 Å². The average Bonchev–Trinajstić information content (AvgIpc) is 3.09. The summed E-state index contributed by atoms with van der Waals surface area (Å²) in [4.78, 5) is 33.4. The minimum atomic E-state index is -0.499. The molecule has 0 aliphatic carbocycles. The van der Waals surface area contributed by atoms with Crippen LogP contribution in [0, 0.1) is 5.82 Å². The van der Waals surface area contributed by atoms with Gasteiger partial charge < -0.3 is 19.9 Å². The van der Waals surface area contributed by atoms with E-state index in [0.717, 1.165) is 11.3 Å². The van der Waals surface area contributed by atoms with Crippen LogP contribution in [-0.4, -0.2) is 61.1 Å². The predicted molar refractivity (Wildman–Crippen MR) is 115 cm³/mol. The zero-order valence-electron chi connectivity index (χ0n) is 17.4. The zero-order valence-corrected chi connectivity index (χ0v) is 18.3. The molecule has 1 aromatic carbocycles. The van der Waals surface area contributed by atoms with Gasteiger partial charge in [-0.1, -0.05) is 23.9 Å². The average molecular weight is 433 g/mol. The molecule has 1 unspecified atom stereocenters. The Bertz CT molecular complexity index is 925. The van der Waals surface area contributed by atoms with Crippen molar-refractivity contribution in [3.05, 3.63) is 58.0 Å². The van der Waals surface area contributed by atoms with Crippen LogP contribution in [0.25, 0.3) is 0 Å². The maximum Gasteiger partial charge on any atom is 0.253 e. The van der Waals surface area contributed by atoms with E-state index >= 15 is 0 Å². The summed E-state index contributed by atoms with van der Waals surface area (Å²) in [6, 6.07) is 5.58. The first-order valence-corrected chi connectivity index (χ1v) is 10.4. The number of carbonyl (C=O) groups is 2. The van der Waals surface area contributed by atoms with Crippen molar-refractivity contribution in [2.75, 3.05) is 34.4 Å². The molecule has 1 aromatic rings. The van der Waals surface area contributed by atoms with Gasteiger partial charge in [0.25, 0.3) is 5.91 Å². The summed E-state index contributed by atoms with van der Waals surface area (Å²) in [5.74, 6) is -0.677. The van der Waals surface area contributed by atoms with E-state index in [-0.39, 0.29) is 24.1 Å². The number of rotatable bonds is 7. The summed E-state index contributed by atoms with van der Waals surface area (Å²) in [7, 11) is 4.94. The number of amides is 2. The van der Waals surface area contributed by atoms with Crippen molar-refractivity contribution >= 4 is 28.7 Å². The van der Waals surface area contributed by atoms with Crippen LogP contribution in [0.2, 0.25) is 0 Å². The second kappa shape index (κ2) is 9.44. The van der Waals surface area contributed by atoms with Gasteiger partial charge in [0.15, 0.2) is 5.17 Å². The van der Waals surface area contributed by atoms with E-state index in [1.165, 1.54) is 28.8 Å². The number of fused-ring (bicyclic) bond motifs is 1. The number of hydrogen-bond acceptors (Lipinski definition) is 6. The first-order chi connectivity index (χ1) is 14.3. The lowest BCUT2D eigenvalue weighted by Gasteiger charge is -2.37. The molecule has 160 valence electrons. The lowest BCUT2D eigenvalue weighted by Crippen LogP contribution is -2.40. The Morgan fingerprint density at radius 1 is 1.30 bits per heavy atom. The van der Waals surface area contributed by atoms with Gasteiger partial charge >= 0.3 is 0 Å². The minimum Gasteiger partial charge on any atom is -0.383 e. The molecule has 0 saturated heterocycles. The number of halogens is 1. The number of aliphatic imine (C=N–C) groups is 1. The van der Waals surface area contributed by atoms with Crippen LogP contribution >= 0.6 is 11.8 Å². The standard InChI is InChI=1S/C21H25FN4O3S/c1-13-18(20(28)25(2)3)19(14-5-7-15(22)8-6-14)26-16(12-30-21(26)24-13)11-17(27)23-9-10-29-4/h5-8,12,19H,9-11H2,1-4H3,(H,23,27). The SMILES string of the molecule is COCCNC(=O)CC1=CSC2=NC(C)=C(C(=O)N(C)C)C(c3ccc(F)cc3)N12. The molecule has 30 heavy (non-hydrogen) atoms. The number of nitrogens with zero attached hydrogens (tertiary/aromatic N) is 3. The van der Waals surface area contributed by atoms with Gasteiger partial charge in [-0.2, -0.15) is 0 Å². The molecule has 0 spiro atoms. The highest BCUT2D eigenvalue weighted by Gasteiger charge is 2.40. The van der Waals surface area contributed by atoms with Crippen molar-refractivity contribution in [3.8, 4) is 0 Å². The second-order valence-electron chi connectivity index (χ2n) is 7.16. The normalized spacial score (nSPS) is 18.0. The largest absolute Gasteiger partial charge is 0.383 e. The highest BCUT2D eigenvalue weighted by Crippen LogP contribution is 2.44. The van der Waals surface area contributed by atoms with Gasteiger partial charge in [-0.05, 0) is 30.0 Å². The number of likely N-dealkylation sites (N-methyl/N-ethyl adjacent to an activating group) is 1. The summed E-state index contributed by atoms with van der Waals surface area (Å²) in [6.45, 7) is 2.65. The van der Waals surface area contributed by atoms with E-state index in [1.807, 2.05) is 10.3 Å². The number of carbonyl (C=O) groups excluding carboxylic acids is 2. The molecule has 2 amide bonds. The monoisotopic (exact) mass is 432 g/mol. The van der Waals surface area contributed by atoms with E-state index in [1.54, 1.807) is 40.3 Å². The fourth-order valence-electron chi connectivity index (χ4n) is 3.36. The third-order valence-corrected chi connectivity index (χ3v) is 5.68. The maximum absolute atomic E-state index is 13.6. The molecule has 2 aliphatic heterocycles.